The van der Waals surface area contributed by atoms with Gasteiger partial charge in [-0.25, -0.2) is 0 Å². The van der Waals surface area contributed by atoms with Gasteiger partial charge in [-0.1, -0.05) is 6.07 Å². The van der Waals surface area contributed by atoms with Gasteiger partial charge in [-0.3, -0.25) is 9.59 Å². The average Bonchev–Trinajstić information content (AvgIpc) is 2.59. The van der Waals surface area contributed by atoms with E-state index >= 15 is 0 Å². The van der Waals surface area contributed by atoms with Crippen molar-refractivity contribution in [3.05, 3.63) is 48.0 Å². The molecule has 0 bridgehead atoms. The first kappa shape index (κ1) is 15.9. The van der Waals surface area contributed by atoms with E-state index in [2.05, 4.69) is 5.32 Å². The number of likely N-dealkylation sites (N-methyl/N-ethyl adjacent to an activating group) is 1. The summed E-state index contributed by atoms with van der Waals surface area (Å²) in [4.78, 5) is 26.0. The van der Waals surface area contributed by atoms with Crippen molar-refractivity contribution in [3.63, 3.8) is 0 Å². The van der Waals surface area contributed by atoms with Gasteiger partial charge in [0.05, 0.1) is 12.8 Å². The number of hydrogen-bond acceptors (Lipinski definition) is 4. The van der Waals surface area contributed by atoms with Crippen LogP contribution in [0.25, 0.3) is 0 Å². The van der Waals surface area contributed by atoms with Crippen LogP contribution in [0.4, 0.5) is 11.4 Å². The maximum absolute atomic E-state index is 12.5. The molecule has 2 aromatic carbocycles. The lowest BCUT2D eigenvalue weighted by Gasteiger charge is -2.30. The summed E-state index contributed by atoms with van der Waals surface area (Å²) in [5, 5.41) is 2.81. The van der Waals surface area contributed by atoms with Crippen molar-refractivity contribution in [2.45, 2.75) is 13.0 Å². The molecule has 0 aromatic heterocycles. The highest BCUT2D eigenvalue weighted by molar-refractivity contribution is 6.07. The number of carbonyl (C=O) groups excluding carboxylic acids is 2. The van der Waals surface area contributed by atoms with E-state index in [1.807, 2.05) is 0 Å². The number of ether oxygens (including phenoxy) is 2. The van der Waals surface area contributed by atoms with Gasteiger partial charge < -0.3 is 19.7 Å². The van der Waals surface area contributed by atoms with Gasteiger partial charge >= 0.3 is 0 Å². The third-order valence-electron chi connectivity index (χ3n) is 3.89. The minimum Gasteiger partial charge on any atom is -0.497 e. The Balaban J connectivity index is 1.85. The molecule has 0 fully saturated rings. The summed E-state index contributed by atoms with van der Waals surface area (Å²) in [5.41, 5.74) is 1.65. The van der Waals surface area contributed by atoms with E-state index < -0.39 is 6.10 Å². The molecule has 0 saturated carbocycles. The van der Waals surface area contributed by atoms with Crippen molar-refractivity contribution in [1.82, 2.24) is 0 Å². The second-order valence-electron chi connectivity index (χ2n) is 5.53. The predicted molar refractivity (Wildman–Crippen MR) is 90.9 cm³/mol. The molecule has 3 rings (SSSR count). The molecule has 24 heavy (non-hydrogen) atoms. The van der Waals surface area contributed by atoms with Crippen molar-refractivity contribution in [2.24, 2.45) is 0 Å². The number of methoxy groups -OCH3 is 1. The second kappa shape index (κ2) is 6.23. The maximum Gasteiger partial charge on any atom is 0.267 e. The Morgan fingerprint density at radius 1 is 1.25 bits per heavy atom. The topological polar surface area (TPSA) is 67.9 Å². The number of nitrogens with one attached hydrogen (secondary N) is 1. The zero-order valence-corrected chi connectivity index (χ0v) is 13.7. The normalized spacial score (nSPS) is 16.2. The number of fused-ring (bicyclic) bond motifs is 1. The van der Waals surface area contributed by atoms with E-state index in [0.29, 0.717) is 28.4 Å². The lowest BCUT2D eigenvalue weighted by molar-refractivity contribution is -0.125. The summed E-state index contributed by atoms with van der Waals surface area (Å²) in [6.07, 6.45) is -0.529. The van der Waals surface area contributed by atoms with Crippen molar-refractivity contribution in [2.75, 3.05) is 24.4 Å². The highest BCUT2D eigenvalue weighted by atomic mass is 16.5. The van der Waals surface area contributed by atoms with Crippen LogP contribution in [0.3, 0.4) is 0 Å². The van der Waals surface area contributed by atoms with Gasteiger partial charge in [0.25, 0.3) is 11.8 Å². The van der Waals surface area contributed by atoms with Crippen LogP contribution in [0.5, 0.6) is 11.5 Å². The molecule has 0 spiro atoms. The van der Waals surface area contributed by atoms with Crippen LogP contribution in [0.1, 0.15) is 17.3 Å². The first-order valence-electron chi connectivity index (χ1n) is 7.53. The maximum atomic E-state index is 12.5. The summed E-state index contributed by atoms with van der Waals surface area (Å²) in [7, 11) is 3.24. The van der Waals surface area contributed by atoms with Crippen LogP contribution >= 0.6 is 0 Å². The van der Waals surface area contributed by atoms with Crippen molar-refractivity contribution < 1.29 is 19.1 Å². The minimum atomic E-state index is -0.529. The van der Waals surface area contributed by atoms with E-state index in [9.17, 15) is 9.59 Å². The average molecular weight is 326 g/mol. The molecule has 6 nitrogen and oxygen atoms in total. The zero-order chi connectivity index (χ0) is 17.3. The van der Waals surface area contributed by atoms with E-state index in [4.69, 9.17) is 9.47 Å². The second-order valence-corrected chi connectivity index (χ2v) is 5.53. The van der Waals surface area contributed by atoms with Crippen molar-refractivity contribution >= 4 is 23.2 Å². The Morgan fingerprint density at radius 2 is 2.04 bits per heavy atom. The standard InChI is InChI=1S/C18H18N2O4/c1-11-18(22)20(2)15-9-12(7-8-16(15)24-11)17(21)19-13-5-4-6-14(10-13)23-3/h4-11H,1-3H3,(H,19,21). The number of hydrogen-bond donors (Lipinski definition) is 1. The summed E-state index contributed by atoms with van der Waals surface area (Å²) >= 11 is 0. The largest absolute Gasteiger partial charge is 0.497 e. The van der Waals surface area contributed by atoms with Crippen LogP contribution < -0.4 is 19.7 Å². The zero-order valence-electron chi connectivity index (χ0n) is 13.7. The predicted octanol–water partition coefficient (Wildman–Crippen LogP) is 2.69. The molecule has 1 unspecified atom stereocenters. The van der Waals surface area contributed by atoms with E-state index in [0.717, 1.165) is 0 Å². The summed E-state index contributed by atoms with van der Waals surface area (Å²) < 4.78 is 10.7. The Morgan fingerprint density at radius 3 is 2.79 bits per heavy atom. The lowest BCUT2D eigenvalue weighted by atomic mass is 10.1. The number of nitrogens with zero attached hydrogens (tertiary/aromatic N) is 1. The number of anilines is 2. The Labute approximate surface area is 140 Å². The SMILES string of the molecule is COc1cccc(NC(=O)c2ccc3c(c2)N(C)C(=O)C(C)O3)c1. The fourth-order valence-corrected chi connectivity index (χ4v) is 2.56. The van der Waals surface area contributed by atoms with Crippen LogP contribution in [-0.4, -0.2) is 32.1 Å². The van der Waals surface area contributed by atoms with Gasteiger partial charge in [-0.15, -0.1) is 0 Å². The van der Waals surface area contributed by atoms with Crippen LogP contribution in [0.15, 0.2) is 42.5 Å². The molecule has 2 amide bonds. The monoisotopic (exact) mass is 326 g/mol. The number of benzene rings is 2. The van der Waals surface area contributed by atoms with Crippen molar-refractivity contribution in [3.8, 4) is 11.5 Å². The Kier molecular flexibility index (Phi) is 4.12. The highest BCUT2D eigenvalue weighted by Crippen LogP contribution is 2.34. The van der Waals surface area contributed by atoms with Gasteiger partial charge in [0, 0.05) is 24.4 Å². The third-order valence-corrected chi connectivity index (χ3v) is 3.89. The van der Waals surface area contributed by atoms with Gasteiger partial charge in [0.2, 0.25) is 0 Å². The molecule has 0 radical (unpaired) electrons. The smallest absolute Gasteiger partial charge is 0.267 e. The first-order chi connectivity index (χ1) is 11.5. The molecule has 1 N–H and O–H groups in total. The number of rotatable bonds is 3. The molecule has 6 heteroatoms. The van der Waals surface area contributed by atoms with Gasteiger partial charge in [0.15, 0.2) is 6.10 Å². The van der Waals surface area contributed by atoms with E-state index in [-0.39, 0.29) is 11.8 Å². The van der Waals surface area contributed by atoms with Gasteiger partial charge in [0.1, 0.15) is 11.5 Å². The van der Waals surface area contributed by atoms with Gasteiger partial charge in [-0.2, -0.15) is 0 Å². The van der Waals surface area contributed by atoms with Crippen molar-refractivity contribution in [1.29, 1.82) is 0 Å². The van der Waals surface area contributed by atoms with Crippen LogP contribution in [0.2, 0.25) is 0 Å². The molecule has 124 valence electrons. The van der Waals surface area contributed by atoms with Crippen LogP contribution in [-0.2, 0) is 4.79 Å². The number of amides is 2. The lowest BCUT2D eigenvalue weighted by Crippen LogP contribution is -2.42. The fourth-order valence-electron chi connectivity index (χ4n) is 2.56. The van der Waals surface area contributed by atoms with Gasteiger partial charge in [-0.05, 0) is 37.3 Å². The Hall–Kier alpha value is -3.02. The highest BCUT2D eigenvalue weighted by Gasteiger charge is 2.29. The molecule has 1 aliphatic rings. The molecule has 1 atom stereocenters. The molecule has 1 heterocycles. The molecular weight excluding hydrogens is 308 g/mol. The summed E-state index contributed by atoms with van der Waals surface area (Å²) in [6.45, 7) is 1.70. The third kappa shape index (κ3) is 2.90. The molecule has 2 aromatic rings. The molecular formula is C18H18N2O4. The van der Waals surface area contributed by atoms with E-state index in [1.165, 1.54) is 4.90 Å². The summed E-state index contributed by atoms with van der Waals surface area (Å²) in [6, 6.07) is 12.1. The first-order valence-corrected chi connectivity index (χ1v) is 7.53. The molecule has 1 aliphatic heterocycles. The number of carbonyl (C=O) groups is 2. The quantitative estimate of drug-likeness (QED) is 0.941. The molecule has 0 saturated heterocycles. The summed E-state index contributed by atoms with van der Waals surface area (Å²) in [5.74, 6) is 0.826. The fraction of sp³-hybridized carbons (Fsp3) is 0.222. The Bertz CT molecular complexity index is 803. The molecule has 0 aliphatic carbocycles. The van der Waals surface area contributed by atoms with E-state index in [1.54, 1.807) is 63.5 Å². The minimum absolute atomic E-state index is 0.146. The van der Waals surface area contributed by atoms with Crippen LogP contribution in [0, 0.1) is 0 Å².